The highest BCUT2D eigenvalue weighted by molar-refractivity contribution is 9.10. The lowest BCUT2D eigenvalue weighted by molar-refractivity contribution is 0.127. The van der Waals surface area contributed by atoms with E-state index in [4.69, 9.17) is 4.74 Å². The van der Waals surface area contributed by atoms with E-state index in [1.54, 1.807) is 0 Å². The first-order chi connectivity index (χ1) is 9.60. The van der Waals surface area contributed by atoms with Crippen molar-refractivity contribution in [3.8, 4) is 5.75 Å². The van der Waals surface area contributed by atoms with E-state index in [0.29, 0.717) is 12.1 Å². The monoisotopic (exact) mass is 339 g/mol. The van der Waals surface area contributed by atoms with Gasteiger partial charge >= 0.3 is 0 Å². The summed E-state index contributed by atoms with van der Waals surface area (Å²) in [5, 5.41) is 3.47. The van der Waals surface area contributed by atoms with Crippen LogP contribution in [0.5, 0.6) is 5.75 Å². The minimum atomic E-state index is 0.313. The van der Waals surface area contributed by atoms with Crippen LogP contribution >= 0.6 is 15.9 Å². The van der Waals surface area contributed by atoms with Gasteiger partial charge in [-0.05, 0) is 56.8 Å². The number of halogens is 1. The van der Waals surface area contributed by atoms with E-state index in [2.05, 4.69) is 60.2 Å². The Morgan fingerprint density at radius 2 is 2.20 bits per heavy atom. The van der Waals surface area contributed by atoms with Crippen LogP contribution in [-0.2, 0) is 0 Å². The molecule has 1 fully saturated rings. The van der Waals surface area contributed by atoms with Crippen LogP contribution in [-0.4, -0.2) is 12.6 Å². The Hall–Kier alpha value is -0.540. The van der Waals surface area contributed by atoms with Gasteiger partial charge in [-0.3, -0.25) is 0 Å². The van der Waals surface area contributed by atoms with Crippen molar-refractivity contribution in [3.05, 3.63) is 28.2 Å². The third-order valence-electron chi connectivity index (χ3n) is 4.13. The van der Waals surface area contributed by atoms with Crippen molar-refractivity contribution in [2.45, 2.75) is 58.6 Å². The number of nitrogens with one attached hydrogen (secondary N) is 1. The second-order valence-corrected chi connectivity index (χ2v) is 6.89. The third kappa shape index (κ3) is 4.23. The van der Waals surface area contributed by atoms with Crippen LogP contribution in [0.4, 0.5) is 0 Å². The standard InChI is InChI=1S/C17H26BrNO/c1-4-19-13(3)16-11-14(18)8-9-17(16)20-15-7-5-6-12(2)10-15/h8-9,11-13,15,19H,4-7,10H2,1-3H3. The molecule has 20 heavy (non-hydrogen) atoms. The van der Waals surface area contributed by atoms with Gasteiger partial charge in [-0.1, -0.05) is 36.2 Å². The molecule has 3 atom stereocenters. The lowest BCUT2D eigenvalue weighted by Gasteiger charge is -2.29. The predicted octanol–water partition coefficient (Wildman–Crippen LogP) is 5.08. The van der Waals surface area contributed by atoms with Gasteiger partial charge in [0.25, 0.3) is 0 Å². The number of benzene rings is 1. The maximum absolute atomic E-state index is 6.32. The normalized spacial score (nSPS) is 24.4. The zero-order chi connectivity index (χ0) is 14.5. The van der Waals surface area contributed by atoms with Crippen LogP contribution in [0.25, 0.3) is 0 Å². The predicted molar refractivity (Wildman–Crippen MR) is 88.3 cm³/mol. The van der Waals surface area contributed by atoms with E-state index in [0.717, 1.165) is 22.7 Å². The van der Waals surface area contributed by atoms with Crippen molar-refractivity contribution in [2.24, 2.45) is 5.92 Å². The molecule has 0 bridgehead atoms. The molecule has 0 radical (unpaired) electrons. The van der Waals surface area contributed by atoms with Gasteiger partial charge in [0.1, 0.15) is 5.75 Å². The molecule has 0 amide bonds. The summed E-state index contributed by atoms with van der Waals surface area (Å²) in [6.07, 6.45) is 5.40. The highest BCUT2D eigenvalue weighted by Crippen LogP contribution is 2.33. The highest BCUT2D eigenvalue weighted by atomic mass is 79.9. The molecule has 112 valence electrons. The van der Waals surface area contributed by atoms with Crippen LogP contribution in [0.3, 0.4) is 0 Å². The van der Waals surface area contributed by atoms with E-state index >= 15 is 0 Å². The van der Waals surface area contributed by atoms with Crippen molar-refractivity contribution in [1.82, 2.24) is 5.32 Å². The topological polar surface area (TPSA) is 21.3 Å². The van der Waals surface area contributed by atoms with Gasteiger partial charge in [0.15, 0.2) is 0 Å². The number of rotatable bonds is 5. The summed E-state index contributed by atoms with van der Waals surface area (Å²) in [6, 6.07) is 6.67. The van der Waals surface area contributed by atoms with E-state index in [9.17, 15) is 0 Å². The average molecular weight is 340 g/mol. The third-order valence-corrected chi connectivity index (χ3v) is 4.62. The quantitative estimate of drug-likeness (QED) is 0.807. The molecule has 0 heterocycles. The van der Waals surface area contributed by atoms with Gasteiger partial charge in [0.05, 0.1) is 6.10 Å². The first-order valence-corrected chi connectivity index (χ1v) is 8.59. The molecule has 1 aliphatic rings. The summed E-state index contributed by atoms with van der Waals surface area (Å²) in [5.74, 6) is 1.83. The van der Waals surface area contributed by atoms with E-state index in [-0.39, 0.29) is 0 Å². The van der Waals surface area contributed by atoms with Crippen LogP contribution in [0.1, 0.15) is 58.1 Å². The summed E-state index contributed by atoms with van der Waals surface area (Å²) in [5.41, 5.74) is 1.25. The van der Waals surface area contributed by atoms with Gasteiger partial charge in [-0.2, -0.15) is 0 Å². The molecule has 1 aromatic rings. The molecule has 3 heteroatoms. The minimum Gasteiger partial charge on any atom is -0.490 e. The number of hydrogen-bond acceptors (Lipinski definition) is 2. The first-order valence-electron chi connectivity index (χ1n) is 7.79. The summed E-state index contributed by atoms with van der Waals surface area (Å²) < 4.78 is 7.43. The Bertz CT molecular complexity index is 435. The lowest BCUT2D eigenvalue weighted by atomic mass is 9.88. The highest BCUT2D eigenvalue weighted by Gasteiger charge is 2.22. The smallest absolute Gasteiger partial charge is 0.124 e. The molecule has 0 spiro atoms. The van der Waals surface area contributed by atoms with Gasteiger partial charge in [0, 0.05) is 16.1 Å². The number of ether oxygens (including phenoxy) is 1. The molecule has 0 aromatic heterocycles. The van der Waals surface area contributed by atoms with Crippen LogP contribution in [0, 0.1) is 5.92 Å². The Morgan fingerprint density at radius 1 is 1.40 bits per heavy atom. The van der Waals surface area contributed by atoms with Crippen molar-refractivity contribution >= 4 is 15.9 Å². The molecule has 1 aliphatic carbocycles. The molecule has 0 aliphatic heterocycles. The Kier molecular flexibility index (Phi) is 5.91. The first kappa shape index (κ1) is 15.8. The lowest BCUT2D eigenvalue weighted by Crippen LogP contribution is -2.25. The van der Waals surface area contributed by atoms with Gasteiger partial charge < -0.3 is 10.1 Å². The largest absolute Gasteiger partial charge is 0.490 e. The van der Waals surface area contributed by atoms with Gasteiger partial charge in [-0.15, -0.1) is 0 Å². The average Bonchev–Trinajstić information content (AvgIpc) is 2.41. The molecule has 2 nitrogen and oxygen atoms in total. The van der Waals surface area contributed by atoms with E-state index in [1.165, 1.54) is 31.2 Å². The number of hydrogen-bond donors (Lipinski definition) is 1. The molecule has 1 aromatic carbocycles. The zero-order valence-corrected chi connectivity index (χ0v) is 14.4. The SMILES string of the molecule is CCNC(C)c1cc(Br)ccc1OC1CCCC(C)C1. The maximum atomic E-state index is 6.32. The van der Waals surface area contributed by atoms with Crippen molar-refractivity contribution < 1.29 is 4.74 Å². The Labute approximate surface area is 131 Å². The molecular formula is C17H26BrNO. The molecule has 3 unspecified atom stereocenters. The summed E-state index contributed by atoms with van der Waals surface area (Å²) in [7, 11) is 0. The maximum Gasteiger partial charge on any atom is 0.124 e. The zero-order valence-electron chi connectivity index (χ0n) is 12.8. The summed E-state index contributed by atoms with van der Waals surface area (Å²) in [6.45, 7) is 7.63. The van der Waals surface area contributed by atoms with Crippen LogP contribution in [0.2, 0.25) is 0 Å². The molecule has 0 saturated heterocycles. The fraction of sp³-hybridized carbons (Fsp3) is 0.647. The van der Waals surface area contributed by atoms with Crippen molar-refractivity contribution in [1.29, 1.82) is 0 Å². The van der Waals surface area contributed by atoms with Crippen LogP contribution in [0.15, 0.2) is 22.7 Å². The van der Waals surface area contributed by atoms with Gasteiger partial charge in [-0.25, -0.2) is 0 Å². The fourth-order valence-electron chi connectivity index (χ4n) is 3.05. The summed E-state index contributed by atoms with van der Waals surface area (Å²) in [4.78, 5) is 0. The second kappa shape index (κ2) is 7.46. The Balaban J connectivity index is 2.13. The minimum absolute atomic E-state index is 0.313. The van der Waals surface area contributed by atoms with E-state index in [1.807, 2.05) is 0 Å². The second-order valence-electron chi connectivity index (χ2n) is 5.97. The Morgan fingerprint density at radius 3 is 2.90 bits per heavy atom. The van der Waals surface area contributed by atoms with Crippen molar-refractivity contribution in [3.63, 3.8) is 0 Å². The summed E-state index contributed by atoms with van der Waals surface area (Å²) >= 11 is 3.57. The fourth-order valence-corrected chi connectivity index (χ4v) is 3.43. The molecule has 2 rings (SSSR count). The van der Waals surface area contributed by atoms with Gasteiger partial charge in [0.2, 0.25) is 0 Å². The van der Waals surface area contributed by atoms with Crippen molar-refractivity contribution in [2.75, 3.05) is 6.54 Å². The van der Waals surface area contributed by atoms with Crippen LogP contribution < -0.4 is 10.1 Å². The van der Waals surface area contributed by atoms with E-state index < -0.39 is 0 Å². The molecule has 1 saturated carbocycles. The molecular weight excluding hydrogens is 314 g/mol. The molecule has 1 N–H and O–H groups in total.